The van der Waals surface area contributed by atoms with Crippen LogP contribution in [0.1, 0.15) is 36.4 Å². The van der Waals surface area contributed by atoms with Gasteiger partial charge in [-0.2, -0.15) is 0 Å². The van der Waals surface area contributed by atoms with Crippen molar-refractivity contribution in [1.29, 1.82) is 0 Å². The van der Waals surface area contributed by atoms with Gasteiger partial charge in [-0.25, -0.2) is 0 Å². The number of rotatable bonds is 7. The minimum Gasteiger partial charge on any atom is -0.493 e. The van der Waals surface area contributed by atoms with Crippen molar-refractivity contribution in [3.05, 3.63) is 53.6 Å². The van der Waals surface area contributed by atoms with Crippen molar-refractivity contribution >= 4 is 17.9 Å². The second-order valence-corrected chi connectivity index (χ2v) is 7.94. The predicted octanol–water partition coefficient (Wildman–Crippen LogP) is 3.10. The first-order valence-electron chi connectivity index (χ1n) is 11.0. The molecule has 174 valence electrons. The Labute approximate surface area is 192 Å². The summed E-state index contributed by atoms with van der Waals surface area (Å²) in [6.45, 7) is 1.74. The molecule has 0 saturated carbocycles. The molecule has 0 radical (unpaired) electrons. The average molecular weight is 453 g/mol. The maximum absolute atomic E-state index is 13.0. The lowest BCUT2D eigenvalue weighted by Gasteiger charge is -2.24. The normalized spacial score (nSPS) is 17.6. The van der Waals surface area contributed by atoms with Gasteiger partial charge in [-0.3, -0.25) is 9.59 Å². The smallest absolute Gasteiger partial charge is 0.255 e. The molecule has 1 atom stereocenters. The van der Waals surface area contributed by atoms with E-state index in [0.29, 0.717) is 31.3 Å². The van der Waals surface area contributed by atoms with Crippen LogP contribution in [0.3, 0.4) is 0 Å². The number of methoxy groups -OCH3 is 1. The minimum absolute atomic E-state index is 0.00147. The maximum Gasteiger partial charge on any atom is 0.255 e. The molecule has 0 bridgehead atoms. The van der Waals surface area contributed by atoms with Gasteiger partial charge in [0.25, 0.3) is 5.91 Å². The highest BCUT2D eigenvalue weighted by molar-refractivity contribution is 5.92. The van der Waals surface area contributed by atoms with Gasteiger partial charge in [0, 0.05) is 19.0 Å². The van der Waals surface area contributed by atoms with E-state index in [1.54, 1.807) is 30.4 Å². The highest BCUT2D eigenvalue weighted by atomic mass is 16.5. The van der Waals surface area contributed by atoms with Crippen molar-refractivity contribution in [1.82, 2.24) is 4.90 Å². The first-order valence-corrected chi connectivity index (χ1v) is 11.0. The molecule has 2 aliphatic rings. The van der Waals surface area contributed by atoms with Crippen molar-refractivity contribution in [2.24, 2.45) is 5.73 Å². The summed E-state index contributed by atoms with van der Waals surface area (Å²) in [5.74, 6) is 1.73. The van der Waals surface area contributed by atoms with Crippen molar-refractivity contribution in [2.45, 2.75) is 25.3 Å². The van der Waals surface area contributed by atoms with Crippen LogP contribution in [0.5, 0.6) is 23.0 Å². The topological polar surface area (TPSA) is 100 Å². The predicted molar refractivity (Wildman–Crippen MR) is 122 cm³/mol. The van der Waals surface area contributed by atoms with E-state index in [-0.39, 0.29) is 18.6 Å². The molecule has 0 aromatic heterocycles. The van der Waals surface area contributed by atoms with E-state index in [1.165, 1.54) is 7.11 Å². The first-order chi connectivity index (χ1) is 16.0. The van der Waals surface area contributed by atoms with Gasteiger partial charge < -0.3 is 29.6 Å². The summed E-state index contributed by atoms with van der Waals surface area (Å²) in [6.07, 6.45) is 6.01. The fraction of sp³-hybridized carbons (Fsp3) is 0.360. The monoisotopic (exact) mass is 452 g/mol. The molecule has 2 aliphatic heterocycles. The van der Waals surface area contributed by atoms with Crippen molar-refractivity contribution in [3.63, 3.8) is 0 Å². The van der Waals surface area contributed by atoms with Crippen LogP contribution in [0, 0.1) is 0 Å². The van der Waals surface area contributed by atoms with E-state index < -0.39 is 5.91 Å². The highest BCUT2D eigenvalue weighted by Gasteiger charge is 2.29. The molecule has 1 unspecified atom stereocenters. The number of nitrogens with two attached hydrogens (primary N) is 1. The number of carbonyl (C=O) groups excluding carboxylic acids is 2. The Balaban J connectivity index is 1.46. The van der Waals surface area contributed by atoms with E-state index in [9.17, 15) is 9.59 Å². The largest absolute Gasteiger partial charge is 0.493 e. The van der Waals surface area contributed by atoms with Gasteiger partial charge >= 0.3 is 0 Å². The van der Waals surface area contributed by atoms with E-state index in [4.69, 9.17) is 24.7 Å². The van der Waals surface area contributed by atoms with Crippen molar-refractivity contribution in [3.8, 4) is 23.0 Å². The summed E-state index contributed by atoms with van der Waals surface area (Å²) >= 11 is 0. The van der Waals surface area contributed by atoms with Crippen LogP contribution in [-0.4, -0.2) is 50.2 Å². The number of fused-ring (bicyclic) bond motifs is 1. The van der Waals surface area contributed by atoms with Crippen LogP contribution < -0.4 is 24.7 Å². The molecule has 8 heteroatoms. The zero-order chi connectivity index (χ0) is 23.2. The minimum atomic E-state index is -0.569. The van der Waals surface area contributed by atoms with Gasteiger partial charge in [-0.15, -0.1) is 0 Å². The summed E-state index contributed by atoms with van der Waals surface area (Å²) in [4.78, 5) is 25.9. The molecule has 4 rings (SSSR count). The Hall–Kier alpha value is -3.68. The van der Waals surface area contributed by atoms with Gasteiger partial charge in [0.15, 0.2) is 29.6 Å². The molecule has 2 N–H and O–H groups in total. The summed E-state index contributed by atoms with van der Waals surface area (Å²) in [7, 11) is 1.51. The third-order valence-electron chi connectivity index (χ3n) is 5.67. The third kappa shape index (κ3) is 5.39. The summed E-state index contributed by atoms with van der Waals surface area (Å²) in [5.41, 5.74) is 6.95. The van der Waals surface area contributed by atoms with E-state index in [0.717, 1.165) is 41.9 Å². The molecule has 0 spiro atoms. The van der Waals surface area contributed by atoms with Gasteiger partial charge in [-0.1, -0.05) is 12.1 Å². The third-order valence-corrected chi connectivity index (χ3v) is 5.67. The zero-order valence-electron chi connectivity index (χ0n) is 18.6. The Morgan fingerprint density at radius 3 is 2.70 bits per heavy atom. The number of primary amides is 1. The molecule has 2 amide bonds. The van der Waals surface area contributed by atoms with Gasteiger partial charge in [0.05, 0.1) is 26.4 Å². The Bertz CT molecular complexity index is 1050. The average Bonchev–Trinajstić information content (AvgIpc) is 3.20. The van der Waals surface area contributed by atoms with Crippen LogP contribution in [0.15, 0.2) is 42.5 Å². The van der Waals surface area contributed by atoms with Crippen molar-refractivity contribution < 1.29 is 28.5 Å². The number of likely N-dealkylation sites (tertiary alicyclic amines) is 1. The summed E-state index contributed by atoms with van der Waals surface area (Å²) in [5, 5.41) is 0. The van der Waals surface area contributed by atoms with E-state index >= 15 is 0 Å². The number of carbonyl (C=O) groups is 2. The number of ether oxygens (including phenoxy) is 4. The first kappa shape index (κ1) is 22.5. The lowest BCUT2D eigenvalue weighted by atomic mass is 10.0. The maximum atomic E-state index is 13.0. The summed E-state index contributed by atoms with van der Waals surface area (Å²) in [6, 6.07) is 11.2. The number of hydrogen-bond donors (Lipinski definition) is 1. The zero-order valence-corrected chi connectivity index (χ0v) is 18.6. The molecule has 8 nitrogen and oxygen atoms in total. The molecule has 1 saturated heterocycles. The number of benzene rings is 2. The molecule has 2 heterocycles. The fourth-order valence-corrected chi connectivity index (χ4v) is 4.08. The van der Waals surface area contributed by atoms with Gasteiger partial charge in [-0.05, 0) is 54.3 Å². The lowest BCUT2D eigenvalue weighted by molar-refractivity contribution is -0.126. The quantitative estimate of drug-likeness (QED) is 0.648. The van der Waals surface area contributed by atoms with Gasteiger partial charge in [0.2, 0.25) is 5.91 Å². The number of amides is 2. The molecule has 33 heavy (non-hydrogen) atoms. The standard InChI is InChI=1S/C25H28N2O6/c1-30-22-14-17(5-8-20(22)33-16-24(26)28)6-10-25(29)27-11-2-4-19(27)18-7-9-21-23(15-18)32-13-3-12-31-21/h5-10,14-15,19H,2-4,11-13,16H2,1H3,(H2,26,28). The molecule has 1 fully saturated rings. The van der Waals surface area contributed by atoms with Crippen molar-refractivity contribution in [2.75, 3.05) is 33.5 Å². The number of hydrogen-bond acceptors (Lipinski definition) is 6. The SMILES string of the molecule is COc1cc(C=CC(=O)N2CCCC2c2ccc3c(c2)OCCCO3)ccc1OCC(N)=O. The second-order valence-electron chi connectivity index (χ2n) is 7.94. The second kappa shape index (κ2) is 10.3. The summed E-state index contributed by atoms with van der Waals surface area (Å²) < 4.78 is 22.2. The van der Waals surface area contributed by atoms with Crippen LogP contribution in [-0.2, 0) is 9.59 Å². The molecular formula is C25H28N2O6. The van der Waals surface area contributed by atoms with Gasteiger partial charge in [0.1, 0.15) is 0 Å². The lowest BCUT2D eigenvalue weighted by Crippen LogP contribution is -2.28. The van der Waals surface area contributed by atoms with Crippen LogP contribution in [0.2, 0.25) is 0 Å². The molecule has 0 aliphatic carbocycles. The Kier molecular flexibility index (Phi) is 7.02. The van der Waals surface area contributed by atoms with Crippen LogP contribution in [0.4, 0.5) is 0 Å². The molecule has 2 aromatic rings. The van der Waals surface area contributed by atoms with E-state index in [1.807, 2.05) is 23.1 Å². The van der Waals surface area contributed by atoms with Crippen LogP contribution >= 0.6 is 0 Å². The fourth-order valence-electron chi connectivity index (χ4n) is 4.08. The van der Waals surface area contributed by atoms with Crippen LogP contribution in [0.25, 0.3) is 6.08 Å². The molecule has 2 aromatic carbocycles. The highest BCUT2D eigenvalue weighted by Crippen LogP contribution is 2.38. The molecular weight excluding hydrogens is 424 g/mol. The Morgan fingerprint density at radius 2 is 1.91 bits per heavy atom. The van der Waals surface area contributed by atoms with E-state index in [2.05, 4.69) is 0 Å². The number of nitrogens with zero attached hydrogens (tertiary/aromatic N) is 1. The Morgan fingerprint density at radius 1 is 1.09 bits per heavy atom.